The number of nitrogens with one attached hydrogen (secondary N) is 2. The van der Waals surface area contributed by atoms with Crippen LogP contribution in [0.4, 0.5) is 11.8 Å². The van der Waals surface area contributed by atoms with Crippen LogP contribution in [-0.2, 0) is 0 Å². The van der Waals surface area contributed by atoms with E-state index in [2.05, 4.69) is 25.5 Å². The molecular weight excluding hydrogens is 202 g/mol. The van der Waals surface area contributed by atoms with Gasteiger partial charge in [-0.2, -0.15) is 9.98 Å². The third kappa shape index (κ3) is 2.00. The van der Waals surface area contributed by atoms with Crippen molar-refractivity contribution in [1.29, 1.82) is 0 Å². The van der Waals surface area contributed by atoms with Gasteiger partial charge >= 0.3 is 0 Å². The summed E-state index contributed by atoms with van der Waals surface area (Å²) in [5.74, 6) is 0.930. The molecule has 1 aliphatic heterocycles. The maximum absolute atomic E-state index is 5.73. The smallest absolute Gasteiger partial charge is 0.271 e. The maximum Gasteiger partial charge on any atom is 0.271 e. The second-order valence-electron chi connectivity index (χ2n) is 2.76. The van der Waals surface area contributed by atoms with Gasteiger partial charge in [-0.15, -0.1) is 5.10 Å². The third-order valence-corrected chi connectivity index (χ3v) is 1.76. The second-order valence-corrected chi connectivity index (χ2v) is 3.12. The van der Waals surface area contributed by atoms with Gasteiger partial charge in [0, 0.05) is 5.69 Å². The molecule has 0 atom stereocenters. The molecule has 72 valence electrons. The van der Waals surface area contributed by atoms with Crippen molar-refractivity contribution in [3.63, 3.8) is 0 Å². The molecule has 2 bridgehead atoms. The Morgan fingerprint density at radius 1 is 1.36 bits per heavy atom. The van der Waals surface area contributed by atoms with Crippen LogP contribution in [-0.4, -0.2) is 20.5 Å². The van der Waals surface area contributed by atoms with Crippen LogP contribution in [0.2, 0.25) is 0 Å². The lowest BCUT2D eigenvalue weighted by Crippen LogP contribution is -2.08. The summed E-state index contributed by atoms with van der Waals surface area (Å²) in [6.45, 7) is 1.90. The molecule has 0 aliphatic carbocycles. The number of rotatable bonds is 0. The predicted molar refractivity (Wildman–Crippen MR) is 55.3 cm³/mol. The van der Waals surface area contributed by atoms with Crippen LogP contribution in [0.25, 0.3) is 0 Å². The van der Waals surface area contributed by atoms with E-state index in [1.54, 1.807) is 6.07 Å². The average molecular weight is 210 g/mol. The highest BCUT2D eigenvalue weighted by atomic mass is 35.5. The number of nitrogens with zero attached hydrogens (tertiary/aromatic N) is 3. The molecule has 5 nitrogen and oxygen atoms in total. The fourth-order valence-electron chi connectivity index (χ4n) is 0.970. The van der Waals surface area contributed by atoms with E-state index in [-0.39, 0.29) is 5.29 Å². The number of hydrogen-bond acceptors (Lipinski definition) is 4. The highest BCUT2D eigenvalue weighted by Gasteiger charge is 2.04. The first-order valence-corrected chi connectivity index (χ1v) is 4.40. The van der Waals surface area contributed by atoms with Crippen molar-refractivity contribution in [2.75, 3.05) is 5.32 Å². The van der Waals surface area contributed by atoms with Crippen molar-refractivity contribution in [2.24, 2.45) is 4.99 Å². The number of aryl methyl sites for hydroxylation is 1. The Morgan fingerprint density at radius 3 is 3.07 bits per heavy atom. The molecule has 2 heterocycles. The Hall–Kier alpha value is -1.62. The van der Waals surface area contributed by atoms with Crippen molar-refractivity contribution >= 4 is 28.7 Å². The lowest BCUT2D eigenvalue weighted by Gasteiger charge is -2.04. The average Bonchev–Trinajstić information content (AvgIpc) is 2.18. The van der Waals surface area contributed by atoms with Gasteiger partial charge in [0.15, 0.2) is 0 Å². The van der Waals surface area contributed by atoms with E-state index in [0.717, 1.165) is 5.69 Å². The molecule has 1 aromatic heterocycles. The number of aliphatic imine (C=N–C) groups is 1. The molecule has 2 N–H and O–H groups in total. The molecule has 2 rings (SSSR count). The van der Waals surface area contributed by atoms with Gasteiger partial charge in [0.05, 0.1) is 0 Å². The van der Waals surface area contributed by atoms with Gasteiger partial charge in [0.25, 0.3) is 5.95 Å². The van der Waals surface area contributed by atoms with E-state index in [0.29, 0.717) is 11.8 Å². The Labute approximate surface area is 85.6 Å². The maximum atomic E-state index is 5.73. The highest BCUT2D eigenvalue weighted by molar-refractivity contribution is 6.67. The summed E-state index contributed by atoms with van der Waals surface area (Å²) >= 11 is 5.73. The van der Waals surface area contributed by atoms with Gasteiger partial charge in [0.2, 0.25) is 5.29 Å². The minimum Gasteiger partial charge on any atom is -0.315 e. The van der Waals surface area contributed by atoms with Crippen molar-refractivity contribution in [2.45, 2.75) is 6.92 Å². The van der Waals surface area contributed by atoms with E-state index < -0.39 is 0 Å². The molecule has 0 aromatic carbocycles. The van der Waals surface area contributed by atoms with E-state index >= 15 is 0 Å². The standard InChI is InChI=1S/C8H8ClN5/c1-5-3-2-4-6-10-7(9)12-8(11-6)14-13-5/h2-4,13H,1H3,(H,10,11,12,14). The van der Waals surface area contributed by atoms with Crippen LogP contribution < -0.4 is 5.32 Å². The minimum absolute atomic E-state index is 0.264. The molecule has 6 heteroatoms. The van der Waals surface area contributed by atoms with Crippen LogP contribution in [0.3, 0.4) is 0 Å². The van der Waals surface area contributed by atoms with Crippen molar-refractivity contribution in [3.05, 3.63) is 23.9 Å². The van der Waals surface area contributed by atoms with Gasteiger partial charge < -0.3 is 5.32 Å². The Morgan fingerprint density at radius 2 is 2.21 bits per heavy atom. The first kappa shape index (κ1) is 8.96. The van der Waals surface area contributed by atoms with E-state index in [1.807, 2.05) is 19.1 Å². The molecule has 0 radical (unpaired) electrons. The monoisotopic (exact) mass is 209 g/mol. The molecule has 1 aliphatic rings. The second kappa shape index (κ2) is 3.63. The molecule has 1 aromatic rings. The summed E-state index contributed by atoms with van der Waals surface area (Å²) in [6.07, 6.45) is 0. The van der Waals surface area contributed by atoms with Gasteiger partial charge in [-0.1, -0.05) is 6.07 Å². The first-order valence-electron chi connectivity index (χ1n) is 4.02. The van der Waals surface area contributed by atoms with Gasteiger partial charge in [-0.3, -0.25) is 5.10 Å². The van der Waals surface area contributed by atoms with Gasteiger partial charge in [0.1, 0.15) is 5.82 Å². The molecule has 14 heavy (non-hydrogen) atoms. The van der Waals surface area contributed by atoms with Crippen LogP contribution in [0.15, 0.2) is 23.2 Å². The zero-order valence-electron chi connectivity index (χ0n) is 7.45. The molecule has 0 spiro atoms. The number of fused-ring (bicyclic) bond motifs is 2. The lowest BCUT2D eigenvalue weighted by molar-refractivity contribution is 0.965. The number of H-pyrrole nitrogens is 1. The van der Waals surface area contributed by atoms with Crippen molar-refractivity contribution < 1.29 is 0 Å². The number of amidine groups is 1. The number of aromatic amines is 1. The third-order valence-electron chi connectivity index (χ3n) is 1.58. The quantitative estimate of drug-likeness (QED) is 0.642. The van der Waals surface area contributed by atoms with E-state index in [4.69, 9.17) is 11.6 Å². The zero-order chi connectivity index (χ0) is 9.97. The summed E-state index contributed by atoms with van der Waals surface area (Å²) in [7, 11) is 0. The van der Waals surface area contributed by atoms with Gasteiger partial charge in [-0.25, -0.2) is 0 Å². The summed E-state index contributed by atoms with van der Waals surface area (Å²) in [5.41, 5.74) is 0.906. The number of hydrogen-bond donors (Lipinski definition) is 2. The van der Waals surface area contributed by atoms with Crippen LogP contribution in [0.5, 0.6) is 0 Å². The topological polar surface area (TPSA) is 66.0 Å². The largest absolute Gasteiger partial charge is 0.315 e. The molecule has 0 amide bonds. The highest BCUT2D eigenvalue weighted by Crippen LogP contribution is 2.12. The fourth-order valence-corrected chi connectivity index (χ4v) is 1.14. The Balaban J connectivity index is 2.64. The van der Waals surface area contributed by atoms with Crippen LogP contribution >= 0.6 is 11.6 Å². The fraction of sp³-hybridized carbons (Fsp3) is 0.125. The summed E-state index contributed by atoms with van der Waals surface area (Å²) in [4.78, 5) is 7.98. The minimum atomic E-state index is 0.264. The molecule has 0 unspecified atom stereocenters. The van der Waals surface area contributed by atoms with Crippen molar-refractivity contribution in [3.8, 4) is 0 Å². The normalized spacial score (nSPS) is 12.6. The number of aromatic nitrogens is 3. The number of halogens is 1. The molecule has 0 saturated heterocycles. The van der Waals surface area contributed by atoms with E-state index in [9.17, 15) is 0 Å². The summed E-state index contributed by atoms with van der Waals surface area (Å²) < 4.78 is 0. The van der Waals surface area contributed by atoms with Crippen LogP contribution in [0.1, 0.15) is 5.69 Å². The molecular formula is C8H8ClN5. The Kier molecular flexibility index (Phi) is 2.32. The predicted octanol–water partition coefficient (Wildman–Crippen LogP) is 1.89. The lowest BCUT2D eigenvalue weighted by atomic mass is 10.4. The zero-order valence-corrected chi connectivity index (χ0v) is 8.21. The van der Waals surface area contributed by atoms with Gasteiger partial charge in [-0.05, 0) is 30.7 Å². The van der Waals surface area contributed by atoms with Crippen LogP contribution in [0, 0.1) is 6.92 Å². The summed E-state index contributed by atoms with van der Waals surface area (Å²) in [5, 5.41) is 9.81. The first-order chi connectivity index (χ1) is 6.74. The summed E-state index contributed by atoms with van der Waals surface area (Å²) in [6, 6.07) is 5.52. The van der Waals surface area contributed by atoms with E-state index in [1.165, 1.54) is 0 Å². The molecule has 0 saturated carbocycles. The number of anilines is 1. The van der Waals surface area contributed by atoms with Crippen molar-refractivity contribution in [1.82, 2.24) is 15.2 Å². The molecule has 0 fully saturated rings. The Bertz CT molecular complexity index is 435. The SMILES string of the molecule is Cc1cccc2nc(n[nH]1)N=C(Cl)N2.